The first-order valence-electron chi connectivity index (χ1n) is 11.4. The van der Waals surface area contributed by atoms with Crippen LogP contribution in [0.3, 0.4) is 0 Å². The number of aryl methyl sites for hydroxylation is 1. The van der Waals surface area contributed by atoms with Crippen molar-refractivity contribution in [1.82, 2.24) is 10.2 Å². The van der Waals surface area contributed by atoms with Gasteiger partial charge in [0.05, 0.1) is 0 Å². The third kappa shape index (κ3) is 6.67. The Bertz CT molecular complexity index is 1100. The van der Waals surface area contributed by atoms with Crippen LogP contribution in [0.4, 0.5) is 4.39 Å². The molecule has 0 aliphatic heterocycles. The van der Waals surface area contributed by atoms with Crippen LogP contribution in [0.2, 0.25) is 0 Å². The van der Waals surface area contributed by atoms with Crippen LogP contribution in [0, 0.1) is 19.7 Å². The van der Waals surface area contributed by atoms with Gasteiger partial charge < -0.3 is 15.0 Å². The normalized spacial score (nSPS) is 11.5. The van der Waals surface area contributed by atoms with Gasteiger partial charge in [-0.25, -0.2) is 4.39 Å². The van der Waals surface area contributed by atoms with Crippen LogP contribution >= 0.6 is 0 Å². The molecule has 0 heterocycles. The Hall–Kier alpha value is -3.67. The van der Waals surface area contributed by atoms with E-state index in [0.29, 0.717) is 18.7 Å². The zero-order chi connectivity index (χ0) is 24.5. The van der Waals surface area contributed by atoms with Gasteiger partial charge in [-0.05, 0) is 61.2 Å². The highest BCUT2D eigenvalue weighted by atomic mass is 19.1. The van der Waals surface area contributed by atoms with Gasteiger partial charge in [-0.2, -0.15) is 0 Å². The van der Waals surface area contributed by atoms with Gasteiger partial charge in [-0.15, -0.1) is 0 Å². The number of ether oxygens (including phenoxy) is 1. The molecule has 6 heteroatoms. The average molecular weight is 463 g/mol. The summed E-state index contributed by atoms with van der Waals surface area (Å²) in [4.78, 5) is 28.1. The van der Waals surface area contributed by atoms with Gasteiger partial charge in [-0.3, -0.25) is 9.59 Å². The molecule has 0 saturated carbocycles. The zero-order valence-corrected chi connectivity index (χ0v) is 19.9. The smallest absolute Gasteiger partial charge is 0.261 e. The number of rotatable bonds is 10. The molecule has 0 aromatic heterocycles. The van der Waals surface area contributed by atoms with Crippen molar-refractivity contribution in [2.24, 2.45) is 0 Å². The lowest BCUT2D eigenvalue weighted by atomic mass is 10.0. The molecule has 0 aliphatic carbocycles. The molecule has 178 valence electrons. The molecule has 3 aromatic rings. The van der Waals surface area contributed by atoms with Crippen LogP contribution in [0.25, 0.3) is 0 Å². The molecule has 0 aliphatic rings. The first-order chi connectivity index (χ1) is 16.4. The summed E-state index contributed by atoms with van der Waals surface area (Å²) in [5.41, 5.74) is 3.69. The van der Waals surface area contributed by atoms with Gasteiger partial charge in [0.15, 0.2) is 6.61 Å². The van der Waals surface area contributed by atoms with Crippen molar-refractivity contribution >= 4 is 11.8 Å². The number of hydrogen-bond acceptors (Lipinski definition) is 3. The van der Waals surface area contributed by atoms with Crippen molar-refractivity contribution in [3.8, 4) is 5.75 Å². The van der Waals surface area contributed by atoms with Gasteiger partial charge in [0.1, 0.15) is 17.6 Å². The summed E-state index contributed by atoms with van der Waals surface area (Å²) in [6.45, 7) is 6.16. The Morgan fingerprint density at radius 2 is 1.65 bits per heavy atom. The number of likely N-dealkylation sites (N-methyl/N-ethyl adjacent to an activating group) is 1. The van der Waals surface area contributed by atoms with Crippen LogP contribution in [0.1, 0.15) is 29.2 Å². The summed E-state index contributed by atoms with van der Waals surface area (Å²) in [6, 6.07) is 20.5. The number of halogens is 1. The molecule has 1 unspecified atom stereocenters. The second-order valence-corrected chi connectivity index (χ2v) is 8.23. The van der Waals surface area contributed by atoms with Crippen molar-refractivity contribution in [2.75, 3.05) is 13.2 Å². The van der Waals surface area contributed by atoms with Gasteiger partial charge in [0.25, 0.3) is 5.91 Å². The van der Waals surface area contributed by atoms with E-state index in [1.54, 1.807) is 12.1 Å². The fourth-order valence-corrected chi connectivity index (χ4v) is 3.74. The molecule has 5 nitrogen and oxygen atoms in total. The number of nitrogens with zero attached hydrogens (tertiary/aromatic N) is 1. The lowest BCUT2D eigenvalue weighted by Crippen LogP contribution is -2.51. The highest BCUT2D eigenvalue weighted by Crippen LogP contribution is 2.21. The Labute approximate surface area is 200 Å². The molecule has 0 fully saturated rings. The maximum Gasteiger partial charge on any atom is 0.261 e. The van der Waals surface area contributed by atoms with E-state index in [9.17, 15) is 14.0 Å². The molecule has 34 heavy (non-hydrogen) atoms. The molecule has 1 atom stereocenters. The first-order valence-corrected chi connectivity index (χ1v) is 11.4. The maximum atomic E-state index is 13.5. The predicted molar refractivity (Wildman–Crippen MR) is 131 cm³/mol. The van der Waals surface area contributed by atoms with Crippen molar-refractivity contribution in [3.63, 3.8) is 0 Å². The lowest BCUT2D eigenvalue weighted by Gasteiger charge is -2.31. The number of amides is 2. The summed E-state index contributed by atoms with van der Waals surface area (Å²) in [5, 5.41) is 2.85. The number of carbonyl (C=O) groups is 2. The number of benzene rings is 3. The molecule has 2 amide bonds. The maximum absolute atomic E-state index is 13.5. The minimum atomic E-state index is -0.748. The molecule has 3 rings (SSSR count). The quantitative estimate of drug-likeness (QED) is 0.479. The van der Waals surface area contributed by atoms with E-state index in [2.05, 4.69) is 5.32 Å². The topological polar surface area (TPSA) is 58.6 Å². The second-order valence-electron chi connectivity index (χ2n) is 8.23. The summed E-state index contributed by atoms with van der Waals surface area (Å²) in [7, 11) is 0. The molecule has 3 aromatic carbocycles. The zero-order valence-electron chi connectivity index (χ0n) is 19.9. The fraction of sp³-hybridized carbons (Fsp3) is 0.286. The SMILES string of the molecule is CCNC(=O)C(Cc1ccccc1)N(Cc1ccc(F)cc1)C(=O)COc1cccc(C)c1C. The van der Waals surface area contributed by atoms with Gasteiger partial charge in [0.2, 0.25) is 5.91 Å². The number of nitrogens with one attached hydrogen (secondary N) is 1. The van der Waals surface area contributed by atoms with Crippen molar-refractivity contribution in [3.05, 3.63) is 101 Å². The standard InChI is InChI=1S/C28H31FN2O3/c1-4-30-28(33)25(17-22-10-6-5-7-11-22)31(18-23-13-15-24(29)16-14-23)27(32)19-34-26-12-8-9-20(2)21(26)3/h5-16,25H,4,17-19H2,1-3H3,(H,30,33). The Morgan fingerprint density at radius 3 is 2.32 bits per heavy atom. The molecule has 0 spiro atoms. The predicted octanol–water partition coefficient (Wildman–Crippen LogP) is 4.60. The van der Waals surface area contributed by atoms with Crippen LogP contribution in [0.15, 0.2) is 72.8 Å². The van der Waals surface area contributed by atoms with E-state index in [1.807, 2.05) is 69.3 Å². The van der Waals surface area contributed by atoms with Crippen LogP contribution in [-0.4, -0.2) is 35.9 Å². The largest absolute Gasteiger partial charge is 0.483 e. The second kappa shape index (κ2) is 12.0. The third-order valence-corrected chi connectivity index (χ3v) is 5.79. The van der Waals surface area contributed by atoms with Crippen molar-refractivity contribution in [2.45, 2.75) is 39.8 Å². The summed E-state index contributed by atoms with van der Waals surface area (Å²) >= 11 is 0. The summed E-state index contributed by atoms with van der Waals surface area (Å²) < 4.78 is 19.3. The van der Waals surface area contributed by atoms with Crippen molar-refractivity contribution < 1.29 is 18.7 Å². The van der Waals surface area contributed by atoms with E-state index >= 15 is 0 Å². The fourth-order valence-electron chi connectivity index (χ4n) is 3.74. The first kappa shape index (κ1) is 25.0. The Balaban J connectivity index is 1.90. The van der Waals surface area contributed by atoms with Crippen molar-refractivity contribution in [1.29, 1.82) is 0 Å². The number of carbonyl (C=O) groups excluding carboxylic acids is 2. The van der Waals surface area contributed by atoms with E-state index < -0.39 is 6.04 Å². The van der Waals surface area contributed by atoms with Gasteiger partial charge in [-0.1, -0.05) is 54.6 Å². The minimum absolute atomic E-state index is 0.157. The van der Waals surface area contributed by atoms with E-state index in [-0.39, 0.29) is 30.8 Å². The molecule has 1 N–H and O–H groups in total. The van der Waals surface area contributed by atoms with E-state index in [0.717, 1.165) is 22.3 Å². The van der Waals surface area contributed by atoms with Gasteiger partial charge >= 0.3 is 0 Å². The monoisotopic (exact) mass is 462 g/mol. The molecule has 0 saturated heterocycles. The van der Waals surface area contributed by atoms with Gasteiger partial charge in [0, 0.05) is 19.5 Å². The highest BCUT2D eigenvalue weighted by Gasteiger charge is 2.30. The summed E-state index contributed by atoms with van der Waals surface area (Å²) in [6.07, 6.45) is 0.350. The van der Waals surface area contributed by atoms with E-state index in [1.165, 1.54) is 17.0 Å². The lowest BCUT2D eigenvalue weighted by molar-refractivity contribution is -0.142. The molecule has 0 bridgehead atoms. The molecule has 0 radical (unpaired) electrons. The summed E-state index contributed by atoms with van der Waals surface area (Å²) in [5.74, 6) is -0.289. The average Bonchev–Trinajstić information content (AvgIpc) is 2.84. The Morgan fingerprint density at radius 1 is 0.941 bits per heavy atom. The van der Waals surface area contributed by atoms with Crippen LogP contribution < -0.4 is 10.1 Å². The third-order valence-electron chi connectivity index (χ3n) is 5.79. The van der Waals surface area contributed by atoms with E-state index in [4.69, 9.17) is 4.74 Å². The molecular weight excluding hydrogens is 431 g/mol. The highest BCUT2D eigenvalue weighted by molar-refractivity contribution is 5.88. The Kier molecular flexibility index (Phi) is 8.79. The van der Waals surface area contributed by atoms with Crippen LogP contribution in [0.5, 0.6) is 5.75 Å². The minimum Gasteiger partial charge on any atom is -0.483 e. The van der Waals surface area contributed by atoms with Crippen LogP contribution in [-0.2, 0) is 22.6 Å². The number of hydrogen-bond donors (Lipinski definition) is 1. The molecular formula is C28H31FN2O3.